The van der Waals surface area contributed by atoms with Gasteiger partial charge in [0.1, 0.15) is 29.8 Å². The van der Waals surface area contributed by atoms with E-state index in [1.165, 1.54) is 0 Å². The van der Waals surface area contributed by atoms with E-state index in [2.05, 4.69) is 0 Å². The number of likely N-dealkylation sites (tertiary alicyclic amines) is 1. The number of ether oxygens (including phenoxy) is 3. The second-order valence-electron chi connectivity index (χ2n) is 9.46. The Hall–Kier alpha value is -3.26. The number of anilines is 1. The Kier molecular flexibility index (Phi) is 6.47. The zero-order chi connectivity index (χ0) is 23.6. The summed E-state index contributed by atoms with van der Waals surface area (Å²) in [5.41, 5.74) is 13.9. The Morgan fingerprint density at radius 3 is 2.67 bits per heavy atom. The summed E-state index contributed by atoms with van der Waals surface area (Å²) in [6.45, 7) is 5.34. The zero-order valence-electron chi connectivity index (χ0n) is 19.1. The highest BCUT2D eigenvalue weighted by Crippen LogP contribution is 2.41. The summed E-state index contributed by atoms with van der Waals surface area (Å²) in [6, 6.07) is 13.2. The molecule has 0 radical (unpaired) electrons. The molecule has 8 nitrogen and oxygen atoms in total. The van der Waals surface area contributed by atoms with Crippen LogP contribution in [0.4, 0.5) is 5.69 Å². The maximum atomic E-state index is 12.6. The van der Waals surface area contributed by atoms with Crippen LogP contribution in [0.15, 0.2) is 42.5 Å². The first-order chi connectivity index (χ1) is 15.7. The lowest BCUT2D eigenvalue weighted by molar-refractivity contribution is -0.146. The summed E-state index contributed by atoms with van der Waals surface area (Å²) in [5.74, 6) is 0.367. The number of rotatable bonds is 8. The van der Waals surface area contributed by atoms with Gasteiger partial charge in [0.25, 0.3) is 0 Å². The Balaban J connectivity index is 1.44. The Morgan fingerprint density at radius 1 is 1.18 bits per heavy atom. The number of fused-ring (bicyclic) bond motifs is 1. The molecule has 8 heteroatoms. The quantitative estimate of drug-likeness (QED) is 0.465. The Morgan fingerprint density at radius 2 is 1.94 bits per heavy atom. The molecule has 1 unspecified atom stereocenters. The summed E-state index contributed by atoms with van der Waals surface area (Å²) in [5, 5.41) is 0. The molecule has 0 spiro atoms. The first kappa shape index (κ1) is 22.9. The van der Waals surface area contributed by atoms with Gasteiger partial charge in [-0.3, -0.25) is 14.5 Å². The van der Waals surface area contributed by atoms with Crippen molar-refractivity contribution in [1.82, 2.24) is 4.90 Å². The first-order valence-corrected chi connectivity index (χ1v) is 11.2. The van der Waals surface area contributed by atoms with Crippen molar-refractivity contribution in [3.63, 3.8) is 0 Å². The van der Waals surface area contributed by atoms with E-state index in [9.17, 15) is 9.59 Å². The van der Waals surface area contributed by atoms with Crippen LogP contribution in [0.1, 0.15) is 31.4 Å². The van der Waals surface area contributed by atoms with Crippen LogP contribution < -0.4 is 20.9 Å². The van der Waals surface area contributed by atoms with Crippen molar-refractivity contribution in [2.45, 2.75) is 45.0 Å². The van der Waals surface area contributed by atoms with E-state index in [0.717, 1.165) is 23.3 Å². The summed E-state index contributed by atoms with van der Waals surface area (Å²) < 4.78 is 17.8. The molecular weight excluding hydrogens is 422 g/mol. The number of carbonyl (C=O) groups is 2. The van der Waals surface area contributed by atoms with Gasteiger partial charge in [-0.05, 0) is 25.5 Å². The molecule has 2 aliphatic heterocycles. The van der Waals surface area contributed by atoms with Crippen LogP contribution in [0.25, 0.3) is 0 Å². The van der Waals surface area contributed by atoms with Crippen molar-refractivity contribution in [3.8, 4) is 11.5 Å². The van der Waals surface area contributed by atoms with Crippen LogP contribution in [0.5, 0.6) is 11.5 Å². The van der Waals surface area contributed by atoms with E-state index < -0.39 is 5.91 Å². The number of esters is 1. The normalized spacial score (nSPS) is 21.3. The number of primary amides is 1. The maximum Gasteiger partial charge on any atom is 0.306 e. The highest BCUT2D eigenvalue weighted by molar-refractivity contribution is 5.76. The van der Waals surface area contributed by atoms with Crippen LogP contribution in [0.3, 0.4) is 0 Å². The third-order valence-corrected chi connectivity index (χ3v) is 5.98. The number of benzene rings is 2. The number of hydrogen-bond donors (Lipinski definition) is 2. The Labute approximate surface area is 193 Å². The zero-order valence-corrected chi connectivity index (χ0v) is 19.1. The molecule has 2 aromatic rings. The molecular formula is C25H31N3O5. The summed E-state index contributed by atoms with van der Waals surface area (Å²) in [4.78, 5) is 25.9. The van der Waals surface area contributed by atoms with Gasteiger partial charge in [0.05, 0.1) is 18.7 Å². The molecule has 0 bridgehead atoms. The van der Waals surface area contributed by atoms with Crippen LogP contribution >= 0.6 is 0 Å². The Bertz CT molecular complexity index is 1020. The standard InChI is InChI=1S/C25H31N3O5/c1-25(2)11-17-8-19(26)21(10-20(17)33-25)32-22-13-28(14-23(27)29)12-18(22)9-24(30)31-15-16-6-4-3-5-7-16/h3-8,10,18,22H,9,11-15,26H2,1-2H3,(H2,27,29)/t18-,22?/m0/s1. The van der Waals surface area contributed by atoms with E-state index in [-0.39, 0.29) is 43.2 Å². The van der Waals surface area contributed by atoms with Crippen LogP contribution in [0.2, 0.25) is 0 Å². The van der Waals surface area contributed by atoms with Crippen molar-refractivity contribution in [1.29, 1.82) is 0 Å². The fraction of sp³-hybridized carbons (Fsp3) is 0.440. The molecule has 0 aromatic heterocycles. The van der Waals surface area contributed by atoms with Gasteiger partial charge in [-0.25, -0.2) is 0 Å². The SMILES string of the molecule is CC1(C)Cc2cc(N)c(OC3CN(CC(N)=O)C[C@@H]3CC(=O)OCc3ccccc3)cc2O1. The van der Waals surface area contributed by atoms with Gasteiger partial charge in [0, 0.05) is 37.1 Å². The molecule has 2 heterocycles. The average Bonchev–Trinajstić information content (AvgIpc) is 3.24. The van der Waals surface area contributed by atoms with Crippen molar-refractivity contribution in [2.24, 2.45) is 11.7 Å². The van der Waals surface area contributed by atoms with Crippen molar-refractivity contribution < 1.29 is 23.8 Å². The fourth-order valence-electron chi connectivity index (χ4n) is 4.53. The molecule has 176 valence electrons. The number of amides is 1. The monoisotopic (exact) mass is 453 g/mol. The van der Waals surface area contributed by atoms with Crippen molar-refractivity contribution in [3.05, 3.63) is 53.6 Å². The van der Waals surface area contributed by atoms with Crippen molar-refractivity contribution >= 4 is 17.6 Å². The third kappa shape index (κ3) is 5.76. The van der Waals surface area contributed by atoms with Gasteiger partial charge in [-0.2, -0.15) is 0 Å². The molecule has 2 aromatic carbocycles. The molecule has 0 aliphatic carbocycles. The van der Waals surface area contributed by atoms with E-state index in [0.29, 0.717) is 24.5 Å². The van der Waals surface area contributed by atoms with Crippen LogP contribution in [-0.4, -0.2) is 48.1 Å². The highest BCUT2D eigenvalue weighted by Gasteiger charge is 2.38. The fourth-order valence-corrected chi connectivity index (χ4v) is 4.53. The van der Waals surface area contributed by atoms with Gasteiger partial charge < -0.3 is 25.7 Å². The minimum atomic E-state index is -0.422. The molecule has 1 saturated heterocycles. The average molecular weight is 454 g/mol. The van der Waals surface area contributed by atoms with Crippen LogP contribution in [0, 0.1) is 5.92 Å². The number of nitrogen functional groups attached to an aromatic ring is 1. The molecule has 2 aliphatic rings. The summed E-state index contributed by atoms with van der Waals surface area (Å²) >= 11 is 0. The smallest absolute Gasteiger partial charge is 0.306 e. The molecule has 1 fully saturated rings. The highest BCUT2D eigenvalue weighted by atomic mass is 16.5. The molecule has 1 amide bonds. The largest absolute Gasteiger partial charge is 0.487 e. The predicted molar refractivity (Wildman–Crippen MR) is 124 cm³/mol. The van der Waals surface area contributed by atoms with Crippen molar-refractivity contribution in [2.75, 3.05) is 25.4 Å². The lowest BCUT2D eigenvalue weighted by Crippen LogP contribution is -2.33. The van der Waals surface area contributed by atoms with Gasteiger partial charge in [0.15, 0.2) is 0 Å². The maximum absolute atomic E-state index is 12.6. The number of nitrogens with two attached hydrogens (primary N) is 2. The van der Waals surface area contributed by atoms with Gasteiger partial charge in [0.2, 0.25) is 5.91 Å². The van der Waals surface area contributed by atoms with E-state index >= 15 is 0 Å². The third-order valence-electron chi connectivity index (χ3n) is 5.98. The lowest BCUT2D eigenvalue weighted by atomic mass is 10.0. The van der Waals surface area contributed by atoms with Crippen LogP contribution in [-0.2, 0) is 27.4 Å². The molecule has 4 N–H and O–H groups in total. The van der Waals surface area contributed by atoms with E-state index in [4.69, 9.17) is 25.7 Å². The molecule has 0 saturated carbocycles. The number of hydrogen-bond acceptors (Lipinski definition) is 7. The van der Waals surface area contributed by atoms with Gasteiger partial charge in [-0.1, -0.05) is 30.3 Å². The molecule has 33 heavy (non-hydrogen) atoms. The molecule has 4 rings (SSSR count). The topological polar surface area (TPSA) is 117 Å². The van der Waals surface area contributed by atoms with E-state index in [1.807, 2.05) is 61.2 Å². The van der Waals surface area contributed by atoms with Gasteiger partial charge in [-0.15, -0.1) is 0 Å². The second-order valence-corrected chi connectivity index (χ2v) is 9.46. The summed E-state index contributed by atoms with van der Waals surface area (Å²) in [7, 11) is 0. The summed E-state index contributed by atoms with van der Waals surface area (Å²) in [6.07, 6.45) is 0.600. The minimum absolute atomic E-state index is 0.104. The predicted octanol–water partition coefficient (Wildman–Crippen LogP) is 2.28. The first-order valence-electron chi connectivity index (χ1n) is 11.2. The number of carbonyl (C=O) groups excluding carboxylic acids is 2. The lowest BCUT2D eigenvalue weighted by Gasteiger charge is -2.21. The van der Waals surface area contributed by atoms with E-state index in [1.54, 1.807) is 0 Å². The minimum Gasteiger partial charge on any atom is -0.487 e. The molecule has 2 atom stereocenters. The van der Waals surface area contributed by atoms with Gasteiger partial charge >= 0.3 is 5.97 Å². The number of nitrogens with zero attached hydrogens (tertiary/aromatic N) is 1. The second kappa shape index (κ2) is 9.31.